The molecule has 0 aromatic heterocycles. The Labute approximate surface area is 123 Å². The zero-order valence-corrected chi connectivity index (χ0v) is 12.8. The predicted octanol–water partition coefficient (Wildman–Crippen LogP) is 3.25. The van der Waals surface area contributed by atoms with Crippen LogP contribution >= 0.6 is 0 Å². The second-order valence-electron chi connectivity index (χ2n) is 4.70. The summed E-state index contributed by atoms with van der Waals surface area (Å²) in [5.41, 5.74) is 2.03. The van der Waals surface area contributed by atoms with Crippen molar-refractivity contribution in [3.8, 4) is 5.75 Å². The third-order valence-electron chi connectivity index (χ3n) is 3.11. The van der Waals surface area contributed by atoms with Crippen molar-refractivity contribution in [3.05, 3.63) is 53.3 Å². The molecule has 2 rings (SSSR count). The average molecular weight is 309 g/mol. The van der Waals surface area contributed by atoms with Gasteiger partial charge in [-0.25, -0.2) is 12.8 Å². The third kappa shape index (κ3) is 3.33. The van der Waals surface area contributed by atoms with Gasteiger partial charge in [-0.05, 0) is 61.4 Å². The first-order valence-electron chi connectivity index (χ1n) is 6.27. The molecule has 0 aliphatic rings. The molecule has 6 heteroatoms. The third-order valence-corrected chi connectivity index (χ3v) is 4.49. The Morgan fingerprint density at radius 1 is 1.05 bits per heavy atom. The fourth-order valence-electron chi connectivity index (χ4n) is 1.94. The van der Waals surface area contributed by atoms with Crippen molar-refractivity contribution in [2.24, 2.45) is 0 Å². The van der Waals surface area contributed by atoms with Crippen LogP contribution in [-0.2, 0) is 10.0 Å². The van der Waals surface area contributed by atoms with Gasteiger partial charge in [0.25, 0.3) is 10.0 Å². The molecule has 0 heterocycles. The number of rotatable bonds is 4. The lowest BCUT2D eigenvalue weighted by molar-refractivity contribution is 0.411. The molecule has 0 radical (unpaired) electrons. The minimum Gasteiger partial charge on any atom is -0.496 e. The standard InChI is InChI=1S/C15H16FNO3S/c1-10-9-15(20-3)11(2)8-14(10)17-21(18,19)13-6-4-12(16)5-7-13/h4-9,17H,1-3H3. The van der Waals surface area contributed by atoms with Crippen LogP contribution < -0.4 is 9.46 Å². The molecule has 0 amide bonds. The number of aryl methyl sites for hydroxylation is 2. The van der Waals surface area contributed by atoms with Crippen molar-refractivity contribution in [1.82, 2.24) is 0 Å². The Balaban J connectivity index is 2.37. The lowest BCUT2D eigenvalue weighted by Gasteiger charge is -2.13. The number of anilines is 1. The molecule has 0 atom stereocenters. The molecular weight excluding hydrogens is 293 g/mol. The molecule has 4 nitrogen and oxygen atoms in total. The van der Waals surface area contributed by atoms with E-state index in [0.717, 1.165) is 23.3 Å². The number of hydrogen-bond donors (Lipinski definition) is 1. The van der Waals surface area contributed by atoms with Gasteiger partial charge < -0.3 is 4.74 Å². The summed E-state index contributed by atoms with van der Waals surface area (Å²) in [7, 11) is -2.19. The van der Waals surface area contributed by atoms with Gasteiger partial charge in [0, 0.05) is 0 Å². The van der Waals surface area contributed by atoms with E-state index < -0.39 is 15.8 Å². The lowest BCUT2D eigenvalue weighted by atomic mass is 10.1. The Morgan fingerprint density at radius 3 is 2.24 bits per heavy atom. The zero-order chi connectivity index (χ0) is 15.6. The Bertz CT molecular complexity index is 755. The van der Waals surface area contributed by atoms with Crippen LogP contribution in [0, 0.1) is 19.7 Å². The van der Waals surface area contributed by atoms with Gasteiger partial charge in [0.2, 0.25) is 0 Å². The highest BCUT2D eigenvalue weighted by molar-refractivity contribution is 7.92. The zero-order valence-electron chi connectivity index (χ0n) is 12.0. The monoisotopic (exact) mass is 309 g/mol. The summed E-state index contributed by atoms with van der Waals surface area (Å²) >= 11 is 0. The quantitative estimate of drug-likeness (QED) is 0.943. The van der Waals surface area contributed by atoms with Crippen LogP contribution in [0.3, 0.4) is 0 Å². The number of nitrogens with one attached hydrogen (secondary N) is 1. The number of hydrogen-bond acceptors (Lipinski definition) is 3. The van der Waals surface area contributed by atoms with Crippen LogP contribution in [0.1, 0.15) is 11.1 Å². The van der Waals surface area contributed by atoms with Crippen LogP contribution in [0.15, 0.2) is 41.3 Å². The van der Waals surface area contributed by atoms with Crippen molar-refractivity contribution in [1.29, 1.82) is 0 Å². The summed E-state index contributed by atoms with van der Waals surface area (Å²) in [6.07, 6.45) is 0. The molecule has 0 unspecified atom stereocenters. The van der Waals surface area contributed by atoms with E-state index in [1.54, 1.807) is 26.2 Å². The molecule has 2 aromatic carbocycles. The Hall–Kier alpha value is -2.08. The van der Waals surface area contributed by atoms with Gasteiger partial charge in [-0.1, -0.05) is 0 Å². The number of halogens is 1. The Morgan fingerprint density at radius 2 is 1.67 bits per heavy atom. The van der Waals surface area contributed by atoms with Gasteiger partial charge in [-0.2, -0.15) is 0 Å². The van der Waals surface area contributed by atoms with E-state index in [4.69, 9.17) is 4.74 Å². The maximum absolute atomic E-state index is 12.9. The summed E-state index contributed by atoms with van der Waals surface area (Å²) in [6.45, 7) is 3.61. The largest absolute Gasteiger partial charge is 0.496 e. The minimum absolute atomic E-state index is 0.0109. The van der Waals surface area contributed by atoms with Gasteiger partial charge in [0.1, 0.15) is 11.6 Å². The van der Waals surface area contributed by atoms with Gasteiger partial charge in [0.05, 0.1) is 17.7 Å². The average Bonchev–Trinajstić information content (AvgIpc) is 2.42. The van der Waals surface area contributed by atoms with E-state index in [0.29, 0.717) is 11.4 Å². The smallest absolute Gasteiger partial charge is 0.261 e. The van der Waals surface area contributed by atoms with E-state index in [1.807, 2.05) is 6.92 Å². The molecule has 0 fully saturated rings. The van der Waals surface area contributed by atoms with Crippen LogP contribution in [0.25, 0.3) is 0 Å². The molecular formula is C15H16FNO3S. The van der Waals surface area contributed by atoms with E-state index in [2.05, 4.69) is 4.72 Å². The summed E-state index contributed by atoms with van der Waals surface area (Å²) in [6, 6.07) is 8.14. The van der Waals surface area contributed by atoms with Gasteiger partial charge in [0.15, 0.2) is 0 Å². The first-order chi connectivity index (χ1) is 9.83. The normalized spacial score (nSPS) is 11.2. The summed E-state index contributed by atoms with van der Waals surface area (Å²) < 4.78 is 45.1. The molecule has 0 saturated carbocycles. The van der Waals surface area contributed by atoms with E-state index in [-0.39, 0.29) is 4.90 Å². The number of methoxy groups -OCH3 is 1. The number of sulfonamides is 1. The van der Waals surface area contributed by atoms with Crippen molar-refractivity contribution in [2.45, 2.75) is 18.7 Å². The molecule has 1 N–H and O–H groups in total. The SMILES string of the molecule is COc1cc(C)c(NS(=O)(=O)c2ccc(F)cc2)cc1C. The molecule has 0 spiro atoms. The van der Waals surface area contributed by atoms with Gasteiger partial charge in [-0.3, -0.25) is 4.72 Å². The maximum atomic E-state index is 12.9. The number of ether oxygens (including phenoxy) is 1. The second kappa shape index (κ2) is 5.73. The van der Waals surface area contributed by atoms with E-state index in [1.165, 1.54) is 12.1 Å². The van der Waals surface area contributed by atoms with Crippen LogP contribution in [0.2, 0.25) is 0 Å². The van der Waals surface area contributed by atoms with Crippen molar-refractivity contribution < 1.29 is 17.5 Å². The molecule has 0 aliphatic heterocycles. The first kappa shape index (κ1) is 15.3. The molecule has 0 bridgehead atoms. The van der Waals surface area contributed by atoms with E-state index in [9.17, 15) is 12.8 Å². The second-order valence-corrected chi connectivity index (χ2v) is 6.38. The Kier molecular flexibility index (Phi) is 4.18. The van der Waals surface area contributed by atoms with Crippen molar-refractivity contribution >= 4 is 15.7 Å². The molecule has 112 valence electrons. The topological polar surface area (TPSA) is 55.4 Å². The van der Waals surface area contributed by atoms with Crippen LogP contribution in [0.5, 0.6) is 5.75 Å². The van der Waals surface area contributed by atoms with Crippen LogP contribution in [-0.4, -0.2) is 15.5 Å². The fourth-order valence-corrected chi connectivity index (χ4v) is 3.06. The van der Waals surface area contributed by atoms with E-state index >= 15 is 0 Å². The summed E-state index contributed by atoms with van der Waals surface area (Å²) in [5, 5.41) is 0. The highest BCUT2D eigenvalue weighted by Gasteiger charge is 2.16. The van der Waals surface area contributed by atoms with Crippen molar-refractivity contribution in [3.63, 3.8) is 0 Å². The number of benzene rings is 2. The van der Waals surface area contributed by atoms with Gasteiger partial charge in [-0.15, -0.1) is 0 Å². The van der Waals surface area contributed by atoms with Crippen LogP contribution in [0.4, 0.5) is 10.1 Å². The summed E-state index contributed by atoms with van der Waals surface area (Å²) in [5.74, 6) is 0.211. The first-order valence-corrected chi connectivity index (χ1v) is 7.75. The molecule has 21 heavy (non-hydrogen) atoms. The highest BCUT2D eigenvalue weighted by Crippen LogP contribution is 2.27. The predicted molar refractivity (Wildman–Crippen MR) is 79.7 cm³/mol. The maximum Gasteiger partial charge on any atom is 0.261 e. The molecule has 2 aromatic rings. The molecule has 0 aliphatic carbocycles. The summed E-state index contributed by atoms with van der Waals surface area (Å²) in [4.78, 5) is 0.0109. The lowest BCUT2D eigenvalue weighted by Crippen LogP contribution is -2.14. The van der Waals surface area contributed by atoms with Gasteiger partial charge >= 0.3 is 0 Å². The minimum atomic E-state index is -3.75. The fraction of sp³-hybridized carbons (Fsp3) is 0.200. The van der Waals surface area contributed by atoms with Crippen molar-refractivity contribution in [2.75, 3.05) is 11.8 Å². The highest BCUT2D eigenvalue weighted by atomic mass is 32.2. The molecule has 0 saturated heterocycles.